The smallest absolute Gasteiger partial charge is 0.325 e. The van der Waals surface area contributed by atoms with Crippen molar-refractivity contribution >= 4 is 71.5 Å². The third kappa shape index (κ3) is 4.70. The topological polar surface area (TPSA) is 103 Å². The van der Waals surface area contributed by atoms with E-state index in [-0.39, 0.29) is 16.4 Å². The number of rotatable bonds is 4. The molecule has 0 atom stereocenters. The van der Waals surface area contributed by atoms with Gasteiger partial charge in [0, 0.05) is 29.7 Å². The minimum atomic E-state index is -0.661. The van der Waals surface area contributed by atoms with Crippen LogP contribution in [0.25, 0.3) is 31.1 Å². The molecule has 0 fully saturated rings. The van der Waals surface area contributed by atoms with E-state index in [1.165, 1.54) is 35.6 Å². The Bertz CT molecular complexity index is 2090. The Morgan fingerprint density at radius 3 is 2.60 bits per heavy atom. The summed E-state index contributed by atoms with van der Waals surface area (Å²) >= 11 is 2.28. The van der Waals surface area contributed by atoms with E-state index in [0.29, 0.717) is 54.7 Å². The first kappa shape index (κ1) is 27.1. The number of aromatic hydroxyl groups is 1. The molecule has 3 aromatic carbocycles. The first-order valence-corrected chi connectivity index (χ1v) is 14.7. The molecule has 13 heteroatoms. The second kappa shape index (κ2) is 9.92. The fraction of sp³-hybridized carbons (Fsp3) is 0.133. The Kier molecular flexibility index (Phi) is 6.25. The SMILES string of the molecule is CC1(C)CN(c2ccccc2NC(=O)Nc2nc3ccc(F)nc3s2)c2c(O)cc(F)c(-c3nc4cc(F)ccc4s3)c21. The van der Waals surface area contributed by atoms with Gasteiger partial charge in [-0.3, -0.25) is 5.32 Å². The van der Waals surface area contributed by atoms with E-state index in [1.54, 1.807) is 30.3 Å². The van der Waals surface area contributed by atoms with Gasteiger partial charge in [-0.1, -0.05) is 37.3 Å². The molecular formula is C30H21F3N6O2S2. The predicted molar refractivity (Wildman–Crippen MR) is 163 cm³/mol. The number of hydrogen-bond acceptors (Lipinski definition) is 8. The van der Waals surface area contributed by atoms with Gasteiger partial charge in [-0.25, -0.2) is 28.5 Å². The Morgan fingerprint density at radius 1 is 0.953 bits per heavy atom. The number of fused-ring (bicyclic) bond motifs is 3. The van der Waals surface area contributed by atoms with Crippen molar-refractivity contribution in [1.82, 2.24) is 15.0 Å². The largest absolute Gasteiger partial charge is 0.506 e. The maximum Gasteiger partial charge on any atom is 0.325 e. The zero-order chi connectivity index (χ0) is 30.0. The predicted octanol–water partition coefficient (Wildman–Crippen LogP) is 8.16. The fourth-order valence-electron chi connectivity index (χ4n) is 5.45. The Hall–Kier alpha value is -4.75. The number of amides is 2. The van der Waals surface area contributed by atoms with E-state index in [0.717, 1.165) is 17.4 Å². The van der Waals surface area contributed by atoms with Crippen LogP contribution in [0.3, 0.4) is 0 Å². The van der Waals surface area contributed by atoms with E-state index in [2.05, 4.69) is 25.6 Å². The molecule has 216 valence electrons. The van der Waals surface area contributed by atoms with Crippen LogP contribution in [-0.2, 0) is 5.41 Å². The highest BCUT2D eigenvalue weighted by atomic mass is 32.1. The molecule has 1 aliphatic rings. The van der Waals surface area contributed by atoms with Gasteiger partial charge in [-0.05, 0) is 36.4 Å². The second-order valence-corrected chi connectivity index (χ2v) is 12.7. The van der Waals surface area contributed by atoms with Crippen molar-refractivity contribution in [3.05, 3.63) is 83.8 Å². The molecule has 1 aliphatic heterocycles. The Labute approximate surface area is 250 Å². The highest BCUT2D eigenvalue weighted by Gasteiger charge is 2.42. The highest BCUT2D eigenvalue weighted by molar-refractivity contribution is 7.22. The van der Waals surface area contributed by atoms with Crippen molar-refractivity contribution in [2.24, 2.45) is 0 Å². The number of urea groups is 1. The summed E-state index contributed by atoms with van der Waals surface area (Å²) in [7, 11) is 0. The zero-order valence-electron chi connectivity index (χ0n) is 22.6. The number of halogens is 3. The molecule has 7 rings (SSSR count). The monoisotopic (exact) mass is 618 g/mol. The average Bonchev–Trinajstić information content (AvgIpc) is 3.61. The minimum Gasteiger partial charge on any atom is -0.506 e. The highest BCUT2D eigenvalue weighted by Crippen LogP contribution is 2.55. The standard InChI is InChI=1S/C30H21F3N6O2S2/c1-30(2)13-39(25-20(40)12-15(32)23(24(25)30)27-34-18-11-14(31)7-9-21(18)42-27)19-6-4-3-5-16(19)35-28(41)38-29-36-17-8-10-22(33)37-26(17)43-29/h3-12,40H,13H2,1-2H3,(H2,35,36,38,41). The summed E-state index contributed by atoms with van der Waals surface area (Å²) in [6, 6.07) is 14.4. The molecule has 0 bridgehead atoms. The van der Waals surface area contributed by atoms with Gasteiger partial charge < -0.3 is 15.3 Å². The summed E-state index contributed by atoms with van der Waals surface area (Å²) < 4.78 is 43.7. The Morgan fingerprint density at radius 2 is 1.77 bits per heavy atom. The molecule has 43 heavy (non-hydrogen) atoms. The van der Waals surface area contributed by atoms with Crippen LogP contribution < -0.4 is 15.5 Å². The molecule has 0 saturated heterocycles. The summed E-state index contributed by atoms with van der Waals surface area (Å²) in [6.45, 7) is 4.23. The van der Waals surface area contributed by atoms with Crippen molar-refractivity contribution in [3.63, 3.8) is 0 Å². The molecule has 3 N–H and O–H groups in total. The molecule has 0 aliphatic carbocycles. The van der Waals surface area contributed by atoms with E-state index in [4.69, 9.17) is 0 Å². The van der Waals surface area contributed by atoms with Crippen LogP contribution in [0.1, 0.15) is 19.4 Å². The first-order chi connectivity index (χ1) is 20.6. The van der Waals surface area contributed by atoms with Crippen LogP contribution >= 0.6 is 22.7 Å². The number of pyridine rings is 1. The molecule has 0 unspecified atom stereocenters. The number of nitrogens with one attached hydrogen (secondary N) is 2. The number of anilines is 4. The summed E-state index contributed by atoms with van der Waals surface area (Å²) in [5.41, 5.74) is 2.39. The van der Waals surface area contributed by atoms with Crippen molar-refractivity contribution in [2.45, 2.75) is 19.3 Å². The molecule has 0 saturated carbocycles. The first-order valence-electron chi connectivity index (χ1n) is 13.1. The van der Waals surface area contributed by atoms with E-state index in [9.17, 15) is 18.7 Å². The number of benzene rings is 3. The molecule has 0 radical (unpaired) electrons. The number of carbonyl (C=O) groups is 1. The second-order valence-electron chi connectivity index (χ2n) is 10.7. The van der Waals surface area contributed by atoms with E-state index < -0.39 is 29.0 Å². The summed E-state index contributed by atoms with van der Waals surface area (Å²) in [4.78, 5) is 27.8. The lowest BCUT2D eigenvalue weighted by Crippen LogP contribution is -2.27. The summed E-state index contributed by atoms with van der Waals surface area (Å²) in [6.07, 6.45) is 0. The number of nitrogens with zero attached hydrogens (tertiary/aromatic N) is 4. The van der Waals surface area contributed by atoms with Crippen LogP contribution in [0.15, 0.2) is 60.7 Å². The fourth-order valence-corrected chi connectivity index (χ4v) is 7.27. The lowest BCUT2D eigenvalue weighted by atomic mass is 9.83. The van der Waals surface area contributed by atoms with Gasteiger partial charge >= 0.3 is 6.03 Å². The Balaban J connectivity index is 1.26. The lowest BCUT2D eigenvalue weighted by molar-refractivity contribution is 0.262. The van der Waals surface area contributed by atoms with Crippen molar-refractivity contribution in [3.8, 4) is 16.3 Å². The quantitative estimate of drug-likeness (QED) is 0.172. The molecule has 8 nitrogen and oxygen atoms in total. The van der Waals surface area contributed by atoms with Crippen LogP contribution in [0.4, 0.5) is 40.2 Å². The van der Waals surface area contributed by atoms with Gasteiger partial charge in [-0.15, -0.1) is 11.3 Å². The van der Waals surface area contributed by atoms with Gasteiger partial charge in [0.05, 0.1) is 32.8 Å². The molecule has 3 aromatic heterocycles. The molecule has 2 amide bonds. The number of aromatic nitrogens is 3. The molecule has 0 spiro atoms. The third-order valence-electron chi connectivity index (χ3n) is 7.18. The number of phenols is 1. The van der Waals surface area contributed by atoms with Crippen molar-refractivity contribution in [1.29, 1.82) is 0 Å². The number of thiazole rings is 2. The molecular weight excluding hydrogens is 597 g/mol. The van der Waals surface area contributed by atoms with Crippen LogP contribution in [0, 0.1) is 17.6 Å². The number of carbonyl (C=O) groups excluding carboxylic acids is 1. The number of phenolic OH excluding ortho intramolecular Hbond substituents is 1. The van der Waals surface area contributed by atoms with Crippen molar-refractivity contribution < 1.29 is 23.1 Å². The maximum atomic E-state index is 15.6. The summed E-state index contributed by atoms with van der Waals surface area (Å²) in [5.74, 6) is -1.98. The zero-order valence-corrected chi connectivity index (χ0v) is 24.2. The van der Waals surface area contributed by atoms with Crippen LogP contribution in [0.5, 0.6) is 5.75 Å². The maximum absolute atomic E-state index is 15.6. The van der Waals surface area contributed by atoms with Gasteiger partial charge in [0.1, 0.15) is 32.7 Å². The van der Waals surface area contributed by atoms with E-state index >= 15 is 4.39 Å². The van der Waals surface area contributed by atoms with Gasteiger partial charge in [0.2, 0.25) is 5.95 Å². The third-order valence-corrected chi connectivity index (χ3v) is 9.11. The van der Waals surface area contributed by atoms with E-state index in [1.807, 2.05) is 18.7 Å². The van der Waals surface area contributed by atoms with Crippen LogP contribution in [-0.4, -0.2) is 32.6 Å². The number of hydrogen-bond donors (Lipinski definition) is 3. The van der Waals surface area contributed by atoms with Gasteiger partial charge in [0.15, 0.2) is 5.13 Å². The van der Waals surface area contributed by atoms with Crippen molar-refractivity contribution in [2.75, 3.05) is 22.1 Å². The van der Waals surface area contributed by atoms with Gasteiger partial charge in [-0.2, -0.15) is 4.39 Å². The van der Waals surface area contributed by atoms with Gasteiger partial charge in [0.25, 0.3) is 0 Å². The molecule has 4 heterocycles. The molecule has 6 aromatic rings. The van der Waals surface area contributed by atoms with Crippen LogP contribution in [0.2, 0.25) is 0 Å². The average molecular weight is 619 g/mol. The summed E-state index contributed by atoms with van der Waals surface area (Å²) in [5, 5.41) is 17.2. The normalized spacial score (nSPS) is 13.9. The number of para-hydroxylation sites is 2. The minimum absolute atomic E-state index is 0.240. The lowest BCUT2D eigenvalue weighted by Gasteiger charge is -2.25.